The van der Waals surface area contributed by atoms with Gasteiger partial charge in [-0.05, 0) is 92.6 Å². The molecule has 1 aromatic carbocycles. The van der Waals surface area contributed by atoms with Crippen molar-refractivity contribution in [3.63, 3.8) is 0 Å². The molecule has 0 heterocycles. The van der Waals surface area contributed by atoms with Crippen LogP contribution in [-0.2, 0) is 12.8 Å². The Balaban J connectivity index is 1.43. The van der Waals surface area contributed by atoms with Gasteiger partial charge < -0.3 is 0 Å². The molecule has 2 aliphatic carbocycles. The molecule has 3 rings (SSSR count). The predicted molar refractivity (Wildman–Crippen MR) is 110 cm³/mol. The third-order valence-electron chi connectivity index (χ3n) is 7.16. The predicted octanol–water partition coefficient (Wildman–Crippen LogP) is 7.83. The molecule has 150 valence electrons. The van der Waals surface area contributed by atoms with Gasteiger partial charge in [0, 0.05) is 5.54 Å². The average molecular weight is 395 g/mol. The highest BCUT2D eigenvalue weighted by atomic mass is 35.5. The van der Waals surface area contributed by atoms with Crippen LogP contribution in [0.1, 0.15) is 75.8 Å². The lowest BCUT2D eigenvalue weighted by molar-refractivity contribution is 0.152. The molecule has 27 heavy (non-hydrogen) atoms. The summed E-state index contributed by atoms with van der Waals surface area (Å²) in [5, 5.41) is 0. The summed E-state index contributed by atoms with van der Waals surface area (Å²) >= 11 is 5.72. The molecule has 0 saturated heterocycles. The summed E-state index contributed by atoms with van der Waals surface area (Å²) in [5.41, 5.74) is 2.71. The van der Waals surface area contributed by atoms with Gasteiger partial charge in [-0.3, -0.25) is 0 Å². The Hall–Kier alpha value is -0.890. The molecule has 2 fully saturated rings. The Morgan fingerprint density at radius 3 is 2.04 bits per heavy atom. The maximum absolute atomic E-state index is 14.2. The van der Waals surface area contributed by atoms with Gasteiger partial charge in [0.15, 0.2) is 11.6 Å². The summed E-state index contributed by atoms with van der Waals surface area (Å²) in [7, 11) is 0. The highest BCUT2D eigenvalue weighted by Gasteiger charge is 2.30. The highest BCUT2D eigenvalue weighted by Crippen LogP contribution is 2.42. The van der Waals surface area contributed by atoms with Gasteiger partial charge in [0.2, 0.25) is 0 Å². The van der Waals surface area contributed by atoms with E-state index in [1.807, 2.05) is 6.92 Å². The van der Waals surface area contributed by atoms with Gasteiger partial charge in [0.05, 0.1) is 0 Å². The zero-order valence-electron chi connectivity index (χ0n) is 16.5. The number of aryl methyl sites for hydroxylation is 2. The van der Waals surface area contributed by atoms with E-state index < -0.39 is 11.6 Å². The van der Waals surface area contributed by atoms with Gasteiger partial charge in [-0.2, -0.15) is 0 Å². The Bertz CT molecular complexity index is 624. The molecule has 0 aromatic heterocycles. The highest BCUT2D eigenvalue weighted by molar-refractivity contribution is 6.25. The number of benzene rings is 1. The van der Waals surface area contributed by atoms with Crippen LogP contribution in [0.3, 0.4) is 0 Å². The summed E-state index contributed by atoms with van der Waals surface area (Å²) in [5.74, 6) is 1.86. The van der Waals surface area contributed by atoms with Crippen molar-refractivity contribution >= 4 is 11.6 Å². The van der Waals surface area contributed by atoms with Crippen molar-refractivity contribution in [3.8, 4) is 0 Å². The zero-order valence-corrected chi connectivity index (χ0v) is 17.3. The first kappa shape index (κ1) is 20.8. The SMILES string of the molecule is CCc1ccc(CCC2CCC(C3CCC(/C=C/Cl)CC3)CC2)c(F)c1F. The van der Waals surface area contributed by atoms with Gasteiger partial charge >= 0.3 is 0 Å². The van der Waals surface area contributed by atoms with Crippen LogP contribution in [0.25, 0.3) is 0 Å². The van der Waals surface area contributed by atoms with Gasteiger partial charge in [-0.1, -0.05) is 49.6 Å². The molecule has 0 bridgehead atoms. The minimum absolute atomic E-state index is 0.480. The first-order valence-electron chi connectivity index (χ1n) is 10.8. The van der Waals surface area contributed by atoms with Crippen molar-refractivity contribution in [2.45, 2.75) is 77.6 Å². The van der Waals surface area contributed by atoms with Crippen LogP contribution < -0.4 is 0 Å². The maximum Gasteiger partial charge on any atom is 0.162 e. The van der Waals surface area contributed by atoms with Crippen molar-refractivity contribution < 1.29 is 8.78 Å². The van der Waals surface area contributed by atoms with Gasteiger partial charge in [-0.15, -0.1) is 0 Å². The molecule has 0 aliphatic heterocycles. The van der Waals surface area contributed by atoms with Crippen LogP contribution >= 0.6 is 11.6 Å². The first-order valence-corrected chi connectivity index (χ1v) is 11.3. The van der Waals surface area contributed by atoms with Gasteiger partial charge in [0.25, 0.3) is 0 Å². The Morgan fingerprint density at radius 1 is 0.889 bits per heavy atom. The number of rotatable bonds is 6. The summed E-state index contributed by atoms with van der Waals surface area (Å²) < 4.78 is 28.2. The van der Waals surface area contributed by atoms with Crippen LogP contribution in [-0.4, -0.2) is 0 Å². The fraction of sp³-hybridized carbons (Fsp3) is 0.667. The lowest BCUT2D eigenvalue weighted by atomic mass is 9.68. The molecule has 0 N–H and O–H groups in total. The van der Waals surface area contributed by atoms with Gasteiger partial charge in [-0.25, -0.2) is 8.78 Å². The molecule has 0 atom stereocenters. The second kappa shape index (κ2) is 10.0. The summed E-state index contributed by atoms with van der Waals surface area (Å²) in [6, 6.07) is 3.54. The van der Waals surface area contributed by atoms with Crippen molar-refractivity contribution in [3.05, 3.63) is 46.5 Å². The van der Waals surface area contributed by atoms with Crippen molar-refractivity contribution in [1.29, 1.82) is 0 Å². The molecule has 0 spiro atoms. The minimum Gasteiger partial charge on any atom is -0.203 e. The van der Waals surface area contributed by atoms with Crippen molar-refractivity contribution in [1.82, 2.24) is 0 Å². The van der Waals surface area contributed by atoms with Crippen LogP contribution in [0, 0.1) is 35.3 Å². The van der Waals surface area contributed by atoms with Crippen molar-refractivity contribution in [2.24, 2.45) is 23.7 Å². The van der Waals surface area contributed by atoms with Crippen LogP contribution in [0.15, 0.2) is 23.7 Å². The normalized spacial score (nSPS) is 29.3. The molecule has 3 heteroatoms. The summed E-state index contributed by atoms with van der Waals surface area (Å²) in [6.45, 7) is 1.86. The van der Waals surface area contributed by atoms with E-state index in [-0.39, 0.29) is 0 Å². The van der Waals surface area contributed by atoms with Crippen LogP contribution in [0.2, 0.25) is 0 Å². The van der Waals surface area contributed by atoms with E-state index in [9.17, 15) is 8.78 Å². The summed E-state index contributed by atoms with van der Waals surface area (Å²) in [4.78, 5) is 0. The standard InChI is InChI=1S/C24H33ClF2/c1-2-19-13-14-22(24(27)23(19)26)12-7-17-3-8-20(9-4-17)21-10-5-18(6-11-21)15-16-25/h13-18,20-21H,2-12H2,1H3/b16-15+. The zero-order chi connectivity index (χ0) is 19.2. The molecule has 1 aromatic rings. The number of hydrogen-bond donors (Lipinski definition) is 0. The van der Waals surface area contributed by atoms with E-state index in [0.29, 0.717) is 35.8 Å². The molecule has 0 unspecified atom stereocenters. The van der Waals surface area contributed by atoms with E-state index in [2.05, 4.69) is 6.08 Å². The van der Waals surface area contributed by atoms with Crippen LogP contribution in [0.4, 0.5) is 8.78 Å². The molecule has 0 nitrogen and oxygen atoms in total. The number of hydrogen-bond acceptors (Lipinski definition) is 0. The molecular weight excluding hydrogens is 362 g/mol. The Morgan fingerprint density at radius 2 is 1.44 bits per heavy atom. The average Bonchev–Trinajstić information content (AvgIpc) is 2.70. The van der Waals surface area contributed by atoms with E-state index in [0.717, 1.165) is 18.3 Å². The number of allylic oxidation sites excluding steroid dienone is 1. The third kappa shape index (κ3) is 5.34. The Kier molecular flexibility index (Phi) is 7.75. The maximum atomic E-state index is 14.2. The molecule has 0 amide bonds. The van der Waals surface area contributed by atoms with Crippen LogP contribution in [0.5, 0.6) is 0 Å². The van der Waals surface area contributed by atoms with E-state index in [1.54, 1.807) is 17.7 Å². The fourth-order valence-corrected chi connectivity index (χ4v) is 5.52. The molecular formula is C24H33ClF2. The molecule has 2 saturated carbocycles. The second-order valence-electron chi connectivity index (χ2n) is 8.68. The minimum atomic E-state index is -0.640. The second-order valence-corrected chi connectivity index (χ2v) is 8.93. The lowest BCUT2D eigenvalue weighted by Crippen LogP contribution is -2.25. The summed E-state index contributed by atoms with van der Waals surface area (Å²) in [6.07, 6.45) is 14.7. The molecule has 2 aliphatic rings. The Labute approximate surface area is 168 Å². The lowest BCUT2D eigenvalue weighted by Gasteiger charge is -2.37. The van der Waals surface area contributed by atoms with Gasteiger partial charge in [0.1, 0.15) is 0 Å². The molecule has 0 radical (unpaired) electrons. The quantitative estimate of drug-likeness (QED) is 0.461. The van der Waals surface area contributed by atoms with E-state index in [1.165, 1.54) is 51.4 Å². The fourth-order valence-electron chi connectivity index (χ4n) is 5.32. The van der Waals surface area contributed by atoms with E-state index in [4.69, 9.17) is 11.6 Å². The smallest absolute Gasteiger partial charge is 0.162 e. The monoisotopic (exact) mass is 394 g/mol. The van der Waals surface area contributed by atoms with Crippen molar-refractivity contribution in [2.75, 3.05) is 0 Å². The van der Waals surface area contributed by atoms with E-state index >= 15 is 0 Å². The largest absolute Gasteiger partial charge is 0.203 e. The first-order chi connectivity index (χ1) is 13.1. The number of halogens is 3. The third-order valence-corrected chi connectivity index (χ3v) is 7.31. The topological polar surface area (TPSA) is 0 Å².